The molecule has 2 heterocycles. The first-order valence-corrected chi connectivity index (χ1v) is 6.70. The molecule has 4 nitrogen and oxygen atoms in total. The smallest absolute Gasteiger partial charge is 0.258 e. The van der Waals surface area contributed by atoms with E-state index in [-0.39, 0.29) is 5.91 Å². The predicted octanol–water partition coefficient (Wildman–Crippen LogP) is 2.48. The number of rotatable bonds is 1. The van der Waals surface area contributed by atoms with Crippen LogP contribution in [0, 0.1) is 13.8 Å². The van der Waals surface area contributed by atoms with Gasteiger partial charge < -0.3 is 10.6 Å². The maximum Gasteiger partial charge on any atom is 0.258 e. The van der Waals surface area contributed by atoms with Crippen LogP contribution in [-0.4, -0.2) is 17.4 Å². The van der Waals surface area contributed by atoms with Crippen molar-refractivity contribution in [2.75, 3.05) is 17.2 Å². The molecule has 2 aromatic rings. The Bertz CT molecular complexity index is 694. The summed E-state index contributed by atoms with van der Waals surface area (Å²) in [5.41, 5.74) is 11.4. The summed E-state index contributed by atoms with van der Waals surface area (Å²) in [6, 6.07) is 7.56. The molecule has 1 aliphatic heterocycles. The quantitative estimate of drug-likeness (QED) is 0.807. The number of hydrogen-bond donors (Lipinski definition) is 1. The minimum absolute atomic E-state index is 0.0116. The lowest BCUT2D eigenvalue weighted by Crippen LogP contribution is -2.29. The third-order valence-electron chi connectivity index (χ3n) is 3.75. The maximum absolute atomic E-state index is 12.6. The van der Waals surface area contributed by atoms with Gasteiger partial charge in [0.25, 0.3) is 5.91 Å². The number of carbonyl (C=O) groups excluding carboxylic acids is 1. The Morgan fingerprint density at radius 3 is 2.85 bits per heavy atom. The number of pyridine rings is 1. The van der Waals surface area contributed by atoms with Crippen LogP contribution >= 0.6 is 0 Å². The Morgan fingerprint density at radius 1 is 1.30 bits per heavy atom. The molecular formula is C16H17N3O. The molecular weight excluding hydrogens is 250 g/mol. The molecule has 102 valence electrons. The van der Waals surface area contributed by atoms with Gasteiger partial charge in [0, 0.05) is 35.4 Å². The highest BCUT2D eigenvalue weighted by molar-refractivity contribution is 6.07. The molecule has 0 saturated carbocycles. The molecule has 4 heteroatoms. The minimum atomic E-state index is 0.0116. The number of aromatic nitrogens is 1. The van der Waals surface area contributed by atoms with Crippen LogP contribution in [0.5, 0.6) is 0 Å². The third kappa shape index (κ3) is 2.03. The Hall–Kier alpha value is -2.36. The van der Waals surface area contributed by atoms with Gasteiger partial charge in [0.2, 0.25) is 0 Å². The predicted molar refractivity (Wildman–Crippen MR) is 79.9 cm³/mol. The van der Waals surface area contributed by atoms with Crippen LogP contribution in [0.4, 0.5) is 11.4 Å². The van der Waals surface area contributed by atoms with E-state index >= 15 is 0 Å². The zero-order valence-electron chi connectivity index (χ0n) is 11.7. The first-order valence-electron chi connectivity index (χ1n) is 6.70. The monoisotopic (exact) mass is 267 g/mol. The average molecular weight is 267 g/mol. The number of aryl methyl sites for hydroxylation is 2. The fourth-order valence-corrected chi connectivity index (χ4v) is 2.62. The van der Waals surface area contributed by atoms with E-state index in [1.54, 1.807) is 17.2 Å². The molecule has 1 amide bonds. The van der Waals surface area contributed by atoms with Gasteiger partial charge in [-0.2, -0.15) is 0 Å². The number of fused-ring (bicyclic) bond motifs is 1. The highest BCUT2D eigenvalue weighted by Gasteiger charge is 2.26. The fourth-order valence-electron chi connectivity index (χ4n) is 2.62. The number of hydrogen-bond acceptors (Lipinski definition) is 3. The molecule has 0 bridgehead atoms. The first kappa shape index (κ1) is 12.7. The third-order valence-corrected chi connectivity index (χ3v) is 3.75. The van der Waals surface area contributed by atoms with E-state index in [1.165, 1.54) is 5.56 Å². The highest BCUT2D eigenvalue weighted by Crippen LogP contribution is 2.33. The van der Waals surface area contributed by atoms with Gasteiger partial charge in [0.1, 0.15) is 0 Å². The molecule has 0 saturated heterocycles. The van der Waals surface area contributed by atoms with E-state index in [9.17, 15) is 4.79 Å². The van der Waals surface area contributed by atoms with Crippen LogP contribution in [-0.2, 0) is 6.42 Å². The van der Waals surface area contributed by atoms with Gasteiger partial charge in [0.05, 0.1) is 0 Å². The van der Waals surface area contributed by atoms with Crippen molar-refractivity contribution in [2.24, 2.45) is 0 Å². The highest BCUT2D eigenvalue weighted by atomic mass is 16.2. The molecule has 0 aliphatic carbocycles. The Morgan fingerprint density at radius 2 is 2.10 bits per heavy atom. The van der Waals surface area contributed by atoms with Crippen molar-refractivity contribution in [3.63, 3.8) is 0 Å². The second kappa shape index (κ2) is 4.63. The zero-order chi connectivity index (χ0) is 14.3. The van der Waals surface area contributed by atoms with Crippen molar-refractivity contribution in [2.45, 2.75) is 20.3 Å². The van der Waals surface area contributed by atoms with Crippen molar-refractivity contribution in [3.8, 4) is 0 Å². The van der Waals surface area contributed by atoms with E-state index in [0.717, 1.165) is 29.1 Å². The van der Waals surface area contributed by atoms with Crippen molar-refractivity contribution >= 4 is 17.3 Å². The number of nitrogens with zero attached hydrogens (tertiary/aromatic N) is 2. The molecule has 3 rings (SSSR count). The number of carbonyl (C=O) groups is 1. The molecule has 0 spiro atoms. The van der Waals surface area contributed by atoms with E-state index < -0.39 is 0 Å². The Kier molecular flexibility index (Phi) is 2.93. The maximum atomic E-state index is 12.6. The standard InChI is InChI=1S/C16H17N3O/c1-10-7-12-4-6-19(15(12)9-14(10)17)16(20)13-3-5-18-11(2)8-13/h3,5,7-9H,4,6,17H2,1-2H3. The summed E-state index contributed by atoms with van der Waals surface area (Å²) in [6.45, 7) is 4.58. The minimum Gasteiger partial charge on any atom is -0.398 e. The lowest BCUT2D eigenvalue weighted by Gasteiger charge is -2.18. The SMILES string of the molecule is Cc1cc(C(=O)N2CCc3cc(C)c(N)cc32)ccn1. The van der Waals surface area contributed by atoms with Crippen molar-refractivity contribution in [3.05, 3.63) is 52.8 Å². The summed E-state index contributed by atoms with van der Waals surface area (Å²) in [6.07, 6.45) is 2.55. The van der Waals surface area contributed by atoms with Crippen LogP contribution in [0.15, 0.2) is 30.5 Å². The average Bonchev–Trinajstić information content (AvgIpc) is 2.81. The molecule has 0 fully saturated rings. The summed E-state index contributed by atoms with van der Waals surface area (Å²) in [5.74, 6) is 0.0116. The molecule has 0 radical (unpaired) electrons. The summed E-state index contributed by atoms with van der Waals surface area (Å²) < 4.78 is 0. The lowest BCUT2D eigenvalue weighted by atomic mass is 10.1. The second-order valence-electron chi connectivity index (χ2n) is 5.23. The van der Waals surface area contributed by atoms with E-state index in [4.69, 9.17) is 5.73 Å². The normalized spacial score (nSPS) is 13.4. The van der Waals surface area contributed by atoms with Crippen molar-refractivity contribution in [1.29, 1.82) is 0 Å². The largest absolute Gasteiger partial charge is 0.398 e. The molecule has 1 aromatic carbocycles. The summed E-state index contributed by atoms with van der Waals surface area (Å²) >= 11 is 0. The number of nitrogens with two attached hydrogens (primary N) is 1. The van der Waals surface area contributed by atoms with Gasteiger partial charge in [0.15, 0.2) is 0 Å². The van der Waals surface area contributed by atoms with Crippen LogP contribution in [0.3, 0.4) is 0 Å². The molecule has 1 aromatic heterocycles. The second-order valence-corrected chi connectivity index (χ2v) is 5.23. The van der Waals surface area contributed by atoms with Gasteiger partial charge >= 0.3 is 0 Å². The van der Waals surface area contributed by atoms with Crippen LogP contribution in [0.25, 0.3) is 0 Å². The molecule has 2 N–H and O–H groups in total. The van der Waals surface area contributed by atoms with Gasteiger partial charge in [-0.3, -0.25) is 9.78 Å². The Labute approximate surface area is 118 Å². The van der Waals surface area contributed by atoms with Gasteiger partial charge in [-0.15, -0.1) is 0 Å². The zero-order valence-corrected chi connectivity index (χ0v) is 11.7. The molecule has 1 aliphatic rings. The first-order chi connectivity index (χ1) is 9.56. The van der Waals surface area contributed by atoms with Gasteiger partial charge in [-0.25, -0.2) is 0 Å². The number of anilines is 2. The molecule has 20 heavy (non-hydrogen) atoms. The van der Waals surface area contributed by atoms with E-state index in [2.05, 4.69) is 11.1 Å². The Balaban J connectivity index is 1.99. The van der Waals surface area contributed by atoms with E-state index in [1.807, 2.05) is 26.0 Å². The van der Waals surface area contributed by atoms with Crippen LogP contribution in [0.2, 0.25) is 0 Å². The topological polar surface area (TPSA) is 59.2 Å². The summed E-state index contributed by atoms with van der Waals surface area (Å²) in [7, 11) is 0. The van der Waals surface area contributed by atoms with Crippen molar-refractivity contribution < 1.29 is 4.79 Å². The van der Waals surface area contributed by atoms with Gasteiger partial charge in [-0.05, 0) is 49.6 Å². The van der Waals surface area contributed by atoms with Gasteiger partial charge in [-0.1, -0.05) is 6.07 Å². The number of amides is 1. The number of nitrogen functional groups attached to an aromatic ring is 1. The molecule has 0 unspecified atom stereocenters. The summed E-state index contributed by atoms with van der Waals surface area (Å²) in [5, 5.41) is 0. The van der Waals surface area contributed by atoms with Crippen LogP contribution in [0.1, 0.15) is 27.2 Å². The van der Waals surface area contributed by atoms with E-state index in [0.29, 0.717) is 12.1 Å². The molecule has 0 atom stereocenters. The lowest BCUT2D eigenvalue weighted by molar-refractivity contribution is 0.0989. The van der Waals surface area contributed by atoms with Crippen molar-refractivity contribution in [1.82, 2.24) is 4.98 Å². The number of benzene rings is 1. The van der Waals surface area contributed by atoms with Crippen LogP contribution < -0.4 is 10.6 Å². The fraction of sp³-hybridized carbons (Fsp3) is 0.250. The summed E-state index contributed by atoms with van der Waals surface area (Å²) in [4.78, 5) is 18.5.